The summed E-state index contributed by atoms with van der Waals surface area (Å²) >= 11 is 1.54. The largest absolute Gasteiger partial charge is 0.321 e. The van der Waals surface area contributed by atoms with E-state index in [1.807, 2.05) is 19.1 Å². The molecule has 1 aliphatic rings. The van der Waals surface area contributed by atoms with Gasteiger partial charge in [0.2, 0.25) is 0 Å². The first-order valence-corrected chi connectivity index (χ1v) is 8.48. The molecule has 0 spiro atoms. The smallest absolute Gasteiger partial charge is 0.255 e. The van der Waals surface area contributed by atoms with Crippen LogP contribution in [0.4, 0.5) is 0 Å². The Morgan fingerprint density at radius 1 is 1.17 bits per heavy atom. The summed E-state index contributed by atoms with van der Waals surface area (Å²) in [6.07, 6.45) is 3.81. The fourth-order valence-electron chi connectivity index (χ4n) is 2.45. The van der Waals surface area contributed by atoms with Gasteiger partial charge in [0.15, 0.2) is 0 Å². The van der Waals surface area contributed by atoms with Crippen LogP contribution >= 0.6 is 11.3 Å². The van der Waals surface area contributed by atoms with Gasteiger partial charge in [0.25, 0.3) is 5.91 Å². The second kappa shape index (κ2) is 5.78. The van der Waals surface area contributed by atoms with Crippen LogP contribution in [-0.4, -0.2) is 10.9 Å². The molecule has 1 N–H and O–H groups in total. The third-order valence-electron chi connectivity index (χ3n) is 3.94. The lowest BCUT2D eigenvalue weighted by Gasteiger charge is -2.19. The van der Waals surface area contributed by atoms with Gasteiger partial charge in [0, 0.05) is 11.3 Å². The predicted octanol–water partition coefficient (Wildman–Crippen LogP) is 4.30. The lowest BCUT2D eigenvalue weighted by atomic mass is 9.86. The topological polar surface area (TPSA) is 42.0 Å². The van der Waals surface area contributed by atoms with Gasteiger partial charge in [0.05, 0.1) is 16.1 Å². The van der Waals surface area contributed by atoms with Gasteiger partial charge in [0.1, 0.15) is 0 Å². The number of thiazole rings is 1. The van der Waals surface area contributed by atoms with Gasteiger partial charge < -0.3 is 5.32 Å². The molecule has 0 fully saturated rings. The van der Waals surface area contributed by atoms with E-state index in [9.17, 15) is 4.79 Å². The first kappa shape index (κ1) is 15.7. The molecule has 1 aromatic carbocycles. The number of hydrogen-bond acceptors (Lipinski definition) is 3. The first-order valence-electron chi connectivity index (χ1n) is 7.60. The van der Waals surface area contributed by atoms with Crippen molar-refractivity contribution in [1.82, 2.24) is 10.3 Å². The van der Waals surface area contributed by atoms with Crippen LogP contribution in [0.15, 0.2) is 41.4 Å². The maximum absolute atomic E-state index is 12.2. The lowest BCUT2D eigenvalue weighted by Crippen LogP contribution is -2.16. The molecule has 2 heterocycles. The van der Waals surface area contributed by atoms with Gasteiger partial charge in [-0.15, -0.1) is 11.3 Å². The quantitative estimate of drug-likeness (QED) is 0.837. The standard InChI is InChI=1S/C19H20N2OS/c1-12-17(23-11-20-12)10-14-9-16(21-18(14)22)13-5-7-15(8-6-13)19(2,3)4/h5-11H,1-4H3,(H,21,22). The molecule has 23 heavy (non-hydrogen) atoms. The summed E-state index contributed by atoms with van der Waals surface area (Å²) in [5.74, 6) is -0.0623. The number of aryl methyl sites for hydroxylation is 1. The zero-order valence-corrected chi connectivity index (χ0v) is 14.6. The van der Waals surface area contributed by atoms with Crippen molar-refractivity contribution in [3.05, 3.63) is 63.1 Å². The van der Waals surface area contributed by atoms with Crippen LogP contribution in [0.5, 0.6) is 0 Å². The molecule has 2 aromatic rings. The van der Waals surface area contributed by atoms with Crippen LogP contribution in [0.1, 0.15) is 42.5 Å². The summed E-state index contributed by atoms with van der Waals surface area (Å²) < 4.78 is 0. The van der Waals surface area contributed by atoms with Crippen molar-refractivity contribution in [2.75, 3.05) is 0 Å². The third kappa shape index (κ3) is 3.27. The minimum absolute atomic E-state index is 0.0623. The highest BCUT2D eigenvalue weighted by molar-refractivity contribution is 7.10. The number of carbonyl (C=O) groups excluding carboxylic acids is 1. The summed E-state index contributed by atoms with van der Waals surface area (Å²) in [6, 6.07) is 8.37. The van der Waals surface area contributed by atoms with Gasteiger partial charge in [-0.3, -0.25) is 4.79 Å². The van der Waals surface area contributed by atoms with Crippen LogP contribution in [-0.2, 0) is 10.2 Å². The number of benzene rings is 1. The average Bonchev–Trinajstić information content (AvgIpc) is 3.06. The van der Waals surface area contributed by atoms with E-state index in [0.717, 1.165) is 21.8 Å². The number of aromatic nitrogens is 1. The molecule has 0 unspecified atom stereocenters. The van der Waals surface area contributed by atoms with Gasteiger partial charge in [-0.05, 0) is 35.6 Å². The third-order valence-corrected chi connectivity index (χ3v) is 4.82. The average molecular weight is 324 g/mol. The molecule has 118 valence electrons. The fraction of sp³-hybridized carbons (Fsp3) is 0.263. The van der Waals surface area contributed by atoms with Crippen molar-refractivity contribution < 1.29 is 4.79 Å². The Kier molecular flexibility index (Phi) is 3.94. The highest BCUT2D eigenvalue weighted by atomic mass is 32.1. The van der Waals surface area contributed by atoms with E-state index in [4.69, 9.17) is 0 Å². The van der Waals surface area contributed by atoms with Crippen molar-refractivity contribution in [2.45, 2.75) is 33.1 Å². The van der Waals surface area contributed by atoms with Gasteiger partial charge >= 0.3 is 0 Å². The van der Waals surface area contributed by atoms with E-state index in [1.165, 1.54) is 5.56 Å². The van der Waals surface area contributed by atoms with Crippen molar-refractivity contribution in [1.29, 1.82) is 0 Å². The molecule has 1 aliphatic heterocycles. The van der Waals surface area contributed by atoms with Crippen molar-refractivity contribution in [3.8, 4) is 0 Å². The molecular weight excluding hydrogens is 304 g/mol. The SMILES string of the molecule is Cc1ncsc1C=C1C=C(c2ccc(C(C)(C)C)cc2)NC1=O. The van der Waals surface area contributed by atoms with E-state index in [2.05, 4.69) is 55.3 Å². The molecule has 1 aromatic heterocycles. The zero-order chi connectivity index (χ0) is 16.6. The predicted molar refractivity (Wildman–Crippen MR) is 96.1 cm³/mol. The number of nitrogens with one attached hydrogen (secondary N) is 1. The number of rotatable bonds is 2. The minimum Gasteiger partial charge on any atom is -0.321 e. The molecule has 0 radical (unpaired) electrons. The highest BCUT2D eigenvalue weighted by Crippen LogP contribution is 2.27. The number of amides is 1. The Morgan fingerprint density at radius 2 is 1.87 bits per heavy atom. The Bertz CT molecular complexity index is 805. The van der Waals surface area contributed by atoms with Crippen LogP contribution in [0.2, 0.25) is 0 Å². The zero-order valence-electron chi connectivity index (χ0n) is 13.8. The van der Waals surface area contributed by atoms with Crippen molar-refractivity contribution in [2.24, 2.45) is 0 Å². The van der Waals surface area contributed by atoms with E-state index >= 15 is 0 Å². The highest BCUT2D eigenvalue weighted by Gasteiger charge is 2.20. The molecule has 4 heteroatoms. The Labute approximate surface area is 140 Å². The molecule has 3 nitrogen and oxygen atoms in total. The number of nitrogens with zero attached hydrogens (tertiary/aromatic N) is 1. The number of hydrogen-bond donors (Lipinski definition) is 1. The second-order valence-corrected chi connectivity index (χ2v) is 7.63. The van der Waals surface area contributed by atoms with Gasteiger partial charge in [-0.2, -0.15) is 0 Å². The molecule has 0 atom stereocenters. The maximum Gasteiger partial charge on any atom is 0.255 e. The Morgan fingerprint density at radius 3 is 2.43 bits per heavy atom. The molecule has 3 rings (SSSR count). The van der Waals surface area contributed by atoms with Gasteiger partial charge in [-0.1, -0.05) is 45.0 Å². The normalized spacial score (nSPS) is 16.6. The summed E-state index contributed by atoms with van der Waals surface area (Å²) in [4.78, 5) is 17.4. The van der Waals surface area contributed by atoms with Crippen LogP contribution in [0, 0.1) is 6.92 Å². The lowest BCUT2D eigenvalue weighted by molar-refractivity contribution is -0.115. The minimum atomic E-state index is -0.0623. The summed E-state index contributed by atoms with van der Waals surface area (Å²) in [6.45, 7) is 8.52. The Balaban J connectivity index is 1.90. The van der Waals surface area contributed by atoms with E-state index in [0.29, 0.717) is 5.57 Å². The maximum atomic E-state index is 12.2. The monoisotopic (exact) mass is 324 g/mol. The molecule has 0 bridgehead atoms. The molecule has 1 amide bonds. The first-order chi connectivity index (χ1) is 10.8. The summed E-state index contributed by atoms with van der Waals surface area (Å²) in [5, 5.41) is 2.95. The van der Waals surface area contributed by atoms with E-state index in [-0.39, 0.29) is 11.3 Å². The fourth-order valence-corrected chi connectivity index (χ4v) is 3.20. The van der Waals surface area contributed by atoms with Crippen molar-refractivity contribution in [3.63, 3.8) is 0 Å². The second-order valence-electron chi connectivity index (χ2n) is 6.74. The Hall–Kier alpha value is -2.20. The van der Waals surface area contributed by atoms with Gasteiger partial charge in [-0.25, -0.2) is 4.98 Å². The van der Waals surface area contributed by atoms with Crippen LogP contribution in [0.3, 0.4) is 0 Å². The molecule has 0 aliphatic carbocycles. The summed E-state index contributed by atoms with van der Waals surface area (Å²) in [7, 11) is 0. The molecular formula is C19H20N2OS. The van der Waals surface area contributed by atoms with Crippen molar-refractivity contribution >= 4 is 29.0 Å². The molecule has 0 saturated heterocycles. The summed E-state index contributed by atoms with van der Waals surface area (Å²) in [5.41, 5.74) is 6.70. The number of carbonyl (C=O) groups is 1. The van der Waals surface area contributed by atoms with E-state index < -0.39 is 0 Å². The van der Waals surface area contributed by atoms with E-state index in [1.54, 1.807) is 16.8 Å². The van der Waals surface area contributed by atoms with Crippen LogP contribution in [0.25, 0.3) is 11.8 Å². The van der Waals surface area contributed by atoms with Crippen LogP contribution < -0.4 is 5.32 Å². The molecule has 0 saturated carbocycles.